The van der Waals surface area contributed by atoms with Gasteiger partial charge in [-0.3, -0.25) is 4.79 Å². The van der Waals surface area contributed by atoms with E-state index in [2.05, 4.69) is 6.92 Å². The van der Waals surface area contributed by atoms with Gasteiger partial charge in [-0.05, 0) is 44.5 Å². The summed E-state index contributed by atoms with van der Waals surface area (Å²) < 4.78 is 13.8. The molecule has 0 spiro atoms. The van der Waals surface area contributed by atoms with Crippen molar-refractivity contribution >= 4 is 16.6 Å². The van der Waals surface area contributed by atoms with Gasteiger partial charge in [0.05, 0.1) is 17.9 Å². The van der Waals surface area contributed by atoms with Gasteiger partial charge in [-0.2, -0.15) is 0 Å². The maximum absolute atomic E-state index is 13.1. The van der Waals surface area contributed by atoms with Crippen molar-refractivity contribution < 1.29 is 9.47 Å². The molecule has 0 atom stereocenters. The van der Waals surface area contributed by atoms with Crippen LogP contribution in [0.3, 0.4) is 0 Å². The third-order valence-electron chi connectivity index (χ3n) is 4.67. The normalized spacial score (nSPS) is 11.8. The molecular weight excluding hydrogens is 340 g/mol. The molecule has 5 nitrogen and oxygen atoms in total. The van der Waals surface area contributed by atoms with Gasteiger partial charge in [0.15, 0.2) is 5.75 Å². The van der Waals surface area contributed by atoms with E-state index in [0.29, 0.717) is 30.3 Å². The van der Waals surface area contributed by atoms with Crippen LogP contribution in [-0.4, -0.2) is 11.2 Å². The molecule has 2 aromatic rings. The SMILES string of the molecule is CC=C(CC)Oc1c(OCCCCCC)c(=O)n(CC)c2cc(N)ccc12. The van der Waals surface area contributed by atoms with Gasteiger partial charge >= 0.3 is 0 Å². The number of unbranched alkanes of at least 4 members (excludes halogenated alkanes) is 3. The Kier molecular flexibility index (Phi) is 7.77. The van der Waals surface area contributed by atoms with Crippen molar-refractivity contribution in [2.45, 2.75) is 66.3 Å². The molecule has 0 unspecified atom stereocenters. The van der Waals surface area contributed by atoms with E-state index in [1.165, 1.54) is 6.42 Å². The molecule has 1 aromatic carbocycles. The predicted molar refractivity (Wildman–Crippen MR) is 113 cm³/mol. The molecule has 2 rings (SSSR count). The molecule has 0 aliphatic carbocycles. The summed E-state index contributed by atoms with van der Waals surface area (Å²) in [5, 5.41) is 0.835. The first-order chi connectivity index (χ1) is 13.1. The number of rotatable bonds is 10. The van der Waals surface area contributed by atoms with Crippen LogP contribution in [0.2, 0.25) is 0 Å². The number of aryl methyl sites for hydroxylation is 1. The quantitative estimate of drug-likeness (QED) is 0.351. The van der Waals surface area contributed by atoms with Crippen LogP contribution in [0, 0.1) is 0 Å². The highest BCUT2D eigenvalue weighted by molar-refractivity contribution is 5.90. The van der Waals surface area contributed by atoms with Crippen LogP contribution in [0.25, 0.3) is 10.9 Å². The zero-order valence-electron chi connectivity index (χ0n) is 17.0. The number of nitrogen functional groups attached to an aromatic ring is 1. The molecular formula is C22H32N2O3. The van der Waals surface area contributed by atoms with Gasteiger partial charge in [0.2, 0.25) is 5.75 Å². The van der Waals surface area contributed by atoms with Crippen molar-refractivity contribution in [1.29, 1.82) is 0 Å². The molecule has 0 aliphatic heterocycles. The summed E-state index contributed by atoms with van der Waals surface area (Å²) in [5.41, 5.74) is 7.18. The van der Waals surface area contributed by atoms with Crippen LogP contribution in [0.1, 0.15) is 59.8 Å². The van der Waals surface area contributed by atoms with E-state index in [0.717, 1.165) is 42.3 Å². The summed E-state index contributed by atoms with van der Waals surface area (Å²) in [6.07, 6.45) is 6.99. The summed E-state index contributed by atoms with van der Waals surface area (Å²) in [7, 11) is 0. The molecule has 0 radical (unpaired) electrons. The largest absolute Gasteiger partial charge is 0.485 e. The fraction of sp³-hybridized carbons (Fsp3) is 0.500. The lowest BCUT2D eigenvalue weighted by Gasteiger charge is -2.19. The Bertz CT molecular complexity index is 853. The Hall–Kier alpha value is -2.43. The van der Waals surface area contributed by atoms with Crippen molar-refractivity contribution in [2.75, 3.05) is 12.3 Å². The topological polar surface area (TPSA) is 66.5 Å². The number of ether oxygens (including phenoxy) is 2. The van der Waals surface area contributed by atoms with E-state index in [1.807, 2.05) is 45.0 Å². The van der Waals surface area contributed by atoms with Crippen LogP contribution >= 0.6 is 0 Å². The van der Waals surface area contributed by atoms with Crippen LogP contribution in [0.15, 0.2) is 34.8 Å². The average Bonchev–Trinajstić information content (AvgIpc) is 2.67. The highest BCUT2D eigenvalue weighted by atomic mass is 16.5. The average molecular weight is 373 g/mol. The van der Waals surface area contributed by atoms with Crippen LogP contribution in [0.4, 0.5) is 5.69 Å². The number of aromatic nitrogens is 1. The third kappa shape index (κ3) is 4.85. The molecule has 0 saturated heterocycles. The molecule has 1 aromatic heterocycles. The molecule has 5 heteroatoms. The maximum Gasteiger partial charge on any atom is 0.297 e. The number of hydrogen-bond acceptors (Lipinski definition) is 4. The Labute approximate surface area is 161 Å². The Morgan fingerprint density at radius 1 is 1.15 bits per heavy atom. The predicted octanol–water partition coefficient (Wildman–Crippen LogP) is 5.26. The molecule has 27 heavy (non-hydrogen) atoms. The van der Waals surface area contributed by atoms with E-state index < -0.39 is 0 Å². The molecule has 0 saturated carbocycles. The van der Waals surface area contributed by atoms with Crippen molar-refractivity contribution in [3.8, 4) is 11.5 Å². The zero-order chi connectivity index (χ0) is 19.8. The summed E-state index contributed by atoms with van der Waals surface area (Å²) in [5.74, 6) is 1.58. The molecule has 0 aliphatic rings. The van der Waals surface area contributed by atoms with Gasteiger partial charge in [-0.1, -0.05) is 33.1 Å². The van der Waals surface area contributed by atoms with E-state index in [-0.39, 0.29) is 5.56 Å². The Balaban J connectivity index is 2.57. The molecule has 0 amide bonds. The highest BCUT2D eigenvalue weighted by Crippen LogP contribution is 2.35. The van der Waals surface area contributed by atoms with Gasteiger partial charge in [-0.25, -0.2) is 0 Å². The van der Waals surface area contributed by atoms with Crippen LogP contribution in [0.5, 0.6) is 11.5 Å². The first-order valence-electron chi connectivity index (χ1n) is 9.99. The monoisotopic (exact) mass is 372 g/mol. The number of fused-ring (bicyclic) bond motifs is 1. The number of nitrogens with zero attached hydrogens (tertiary/aromatic N) is 1. The molecule has 0 fully saturated rings. The summed E-state index contributed by atoms with van der Waals surface area (Å²) in [6, 6.07) is 5.55. The third-order valence-corrected chi connectivity index (χ3v) is 4.67. The smallest absolute Gasteiger partial charge is 0.297 e. The number of benzene rings is 1. The first kappa shape index (κ1) is 20.9. The lowest BCUT2D eigenvalue weighted by atomic mass is 10.1. The van der Waals surface area contributed by atoms with E-state index in [1.54, 1.807) is 4.57 Å². The molecule has 0 bridgehead atoms. The Morgan fingerprint density at radius 3 is 2.56 bits per heavy atom. The van der Waals surface area contributed by atoms with E-state index in [9.17, 15) is 4.79 Å². The molecule has 2 N–H and O–H groups in total. The minimum atomic E-state index is -0.173. The second kappa shape index (κ2) is 10.0. The van der Waals surface area contributed by atoms with Crippen molar-refractivity contribution in [3.63, 3.8) is 0 Å². The van der Waals surface area contributed by atoms with Gasteiger partial charge in [0.1, 0.15) is 0 Å². The number of pyridine rings is 1. The van der Waals surface area contributed by atoms with Gasteiger partial charge < -0.3 is 19.8 Å². The summed E-state index contributed by atoms with van der Waals surface area (Å²) >= 11 is 0. The Morgan fingerprint density at radius 2 is 1.93 bits per heavy atom. The van der Waals surface area contributed by atoms with Gasteiger partial charge in [-0.15, -0.1) is 0 Å². The molecule has 1 heterocycles. The van der Waals surface area contributed by atoms with Crippen LogP contribution in [-0.2, 0) is 6.54 Å². The molecule has 148 valence electrons. The second-order valence-electron chi connectivity index (χ2n) is 6.60. The van der Waals surface area contributed by atoms with Crippen molar-refractivity contribution in [2.24, 2.45) is 0 Å². The standard InChI is InChI=1S/C22H32N2O3/c1-5-9-10-11-14-26-21-20(27-17(6-2)7-3)18-13-12-16(23)15-19(18)24(8-4)22(21)25/h6,12-13,15H,5,7-11,14,23H2,1-4H3. The summed E-state index contributed by atoms with van der Waals surface area (Å²) in [6.45, 7) is 9.11. The number of hydrogen-bond donors (Lipinski definition) is 1. The number of anilines is 1. The lowest BCUT2D eigenvalue weighted by molar-refractivity contribution is 0.281. The van der Waals surface area contributed by atoms with E-state index in [4.69, 9.17) is 15.2 Å². The van der Waals surface area contributed by atoms with Crippen LogP contribution < -0.4 is 20.8 Å². The first-order valence-corrected chi connectivity index (χ1v) is 9.99. The zero-order valence-corrected chi connectivity index (χ0v) is 17.0. The second-order valence-corrected chi connectivity index (χ2v) is 6.60. The number of allylic oxidation sites excluding steroid dienone is 2. The van der Waals surface area contributed by atoms with Gasteiger partial charge in [0, 0.05) is 24.0 Å². The van der Waals surface area contributed by atoms with Crippen molar-refractivity contribution in [1.82, 2.24) is 4.57 Å². The minimum absolute atomic E-state index is 0.173. The van der Waals surface area contributed by atoms with Crippen molar-refractivity contribution in [3.05, 3.63) is 40.4 Å². The fourth-order valence-corrected chi connectivity index (χ4v) is 3.13. The number of nitrogens with two attached hydrogens (primary N) is 1. The summed E-state index contributed by atoms with van der Waals surface area (Å²) in [4.78, 5) is 13.1. The minimum Gasteiger partial charge on any atom is -0.485 e. The van der Waals surface area contributed by atoms with Gasteiger partial charge in [0.25, 0.3) is 5.56 Å². The van der Waals surface area contributed by atoms with E-state index >= 15 is 0 Å². The maximum atomic E-state index is 13.1. The fourth-order valence-electron chi connectivity index (χ4n) is 3.13. The highest BCUT2D eigenvalue weighted by Gasteiger charge is 2.20. The lowest BCUT2D eigenvalue weighted by Crippen LogP contribution is -2.23.